The molecule has 1 aliphatic heterocycles. The van der Waals surface area contributed by atoms with Crippen molar-refractivity contribution in [1.29, 1.82) is 0 Å². The maximum Gasteiger partial charge on any atom is 0.339 e. The van der Waals surface area contributed by atoms with Crippen molar-refractivity contribution in [1.82, 2.24) is 4.98 Å². The van der Waals surface area contributed by atoms with E-state index >= 15 is 0 Å². The van der Waals surface area contributed by atoms with Crippen LogP contribution < -0.4 is 0 Å². The van der Waals surface area contributed by atoms with Gasteiger partial charge in [-0.2, -0.15) is 0 Å². The summed E-state index contributed by atoms with van der Waals surface area (Å²) in [7, 11) is 0. The number of rotatable bonds is 5. The van der Waals surface area contributed by atoms with Crippen LogP contribution in [-0.4, -0.2) is 11.0 Å². The monoisotopic (exact) mass is 269 g/mol. The van der Waals surface area contributed by atoms with Crippen molar-refractivity contribution >= 4 is 5.97 Å². The summed E-state index contributed by atoms with van der Waals surface area (Å²) in [5, 5.41) is 0. The van der Waals surface area contributed by atoms with Gasteiger partial charge in [0.05, 0.1) is 5.56 Å². The maximum absolute atomic E-state index is 12.2. The number of ether oxygens (including phenoxy) is 1. The van der Waals surface area contributed by atoms with E-state index in [2.05, 4.69) is 11.9 Å². The number of cyclic esters (lactones) is 1. The summed E-state index contributed by atoms with van der Waals surface area (Å²) < 4.78 is 5.85. The SMILES string of the molecule is CCCCCC1(c2cc[nH]c2)OC(=O)c2ccccc21. The molecule has 1 aliphatic rings. The lowest BCUT2D eigenvalue weighted by molar-refractivity contribution is 0.00628. The minimum atomic E-state index is -0.608. The van der Waals surface area contributed by atoms with E-state index in [0.29, 0.717) is 5.56 Å². The Bertz CT molecular complexity index is 603. The fourth-order valence-corrected chi connectivity index (χ4v) is 3.02. The van der Waals surface area contributed by atoms with Gasteiger partial charge in [-0.15, -0.1) is 0 Å². The summed E-state index contributed by atoms with van der Waals surface area (Å²) in [6.07, 6.45) is 7.99. The van der Waals surface area contributed by atoms with Crippen molar-refractivity contribution in [3.05, 3.63) is 59.4 Å². The zero-order chi connectivity index (χ0) is 14.0. The third-order valence-electron chi connectivity index (χ3n) is 4.05. The smallest absolute Gasteiger partial charge is 0.339 e. The van der Waals surface area contributed by atoms with Gasteiger partial charge in [-0.05, 0) is 25.0 Å². The fraction of sp³-hybridized carbons (Fsp3) is 0.353. The van der Waals surface area contributed by atoms with E-state index in [-0.39, 0.29) is 5.97 Å². The van der Waals surface area contributed by atoms with Crippen LogP contribution in [0, 0.1) is 0 Å². The number of aromatic amines is 1. The Kier molecular flexibility index (Phi) is 3.35. The van der Waals surface area contributed by atoms with Gasteiger partial charge in [0.1, 0.15) is 0 Å². The van der Waals surface area contributed by atoms with Crippen molar-refractivity contribution in [2.45, 2.75) is 38.2 Å². The molecular weight excluding hydrogens is 250 g/mol. The normalized spacial score (nSPS) is 20.8. The molecule has 2 heterocycles. The molecule has 20 heavy (non-hydrogen) atoms. The van der Waals surface area contributed by atoms with Crippen LogP contribution in [0.4, 0.5) is 0 Å². The molecule has 1 aromatic heterocycles. The number of nitrogens with one attached hydrogen (secondary N) is 1. The molecule has 3 heteroatoms. The van der Waals surface area contributed by atoms with E-state index in [1.165, 1.54) is 0 Å². The van der Waals surface area contributed by atoms with E-state index in [1.54, 1.807) is 0 Å². The van der Waals surface area contributed by atoms with Crippen molar-refractivity contribution in [3.63, 3.8) is 0 Å². The molecule has 0 radical (unpaired) electrons. The Morgan fingerprint density at radius 2 is 2.05 bits per heavy atom. The van der Waals surface area contributed by atoms with Crippen molar-refractivity contribution in [3.8, 4) is 0 Å². The molecule has 1 unspecified atom stereocenters. The second-order valence-corrected chi connectivity index (χ2v) is 5.32. The number of hydrogen-bond donors (Lipinski definition) is 1. The van der Waals surface area contributed by atoms with Gasteiger partial charge in [-0.25, -0.2) is 4.79 Å². The molecule has 1 N–H and O–H groups in total. The van der Waals surface area contributed by atoms with Crippen LogP contribution in [0.15, 0.2) is 42.7 Å². The van der Waals surface area contributed by atoms with Crippen LogP contribution in [0.25, 0.3) is 0 Å². The topological polar surface area (TPSA) is 42.1 Å². The second kappa shape index (κ2) is 5.16. The summed E-state index contributed by atoms with van der Waals surface area (Å²) >= 11 is 0. The minimum Gasteiger partial charge on any atom is -0.446 e. The maximum atomic E-state index is 12.2. The predicted octanol–water partition coefficient (Wildman–Crippen LogP) is 4.01. The first-order valence-corrected chi connectivity index (χ1v) is 7.24. The lowest BCUT2D eigenvalue weighted by atomic mass is 9.83. The molecule has 0 spiro atoms. The van der Waals surface area contributed by atoms with E-state index in [1.807, 2.05) is 42.7 Å². The zero-order valence-electron chi connectivity index (χ0n) is 11.7. The van der Waals surface area contributed by atoms with Gasteiger partial charge < -0.3 is 9.72 Å². The van der Waals surface area contributed by atoms with Crippen LogP contribution in [0.1, 0.15) is 54.1 Å². The molecule has 1 atom stereocenters. The largest absolute Gasteiger partial charge is 0.446 e. The lowest BCUT2D eigenvalue weighted by Crippen LogP contribution is -2.27. The fourth-order valence-electron chi connectivity index (χ4n) is 3.02. The number of fused-ring (bicyclic) bond motifs is 1. The van der Waals surface area contributed by atoms with Crippen LogP contribution in [-0.2, 0) is 10.3 Å². The molecule has 0 saturated heterocycles. The molecule has 104 valence electrons. The Labute approximate surface area is 119 Å². The summed E-state index contributed by atoms with van der Waals surface area (Å²) in [5.41, 5.74) is 2.13. The molecule has 0 fully saturated rings. The highest BCUT2D eigenvalue weighted by Gasteiger charge is 2.46. The average molecular weight is 269 g/mol. The van der Waals surface area contributed by atoms with Crippen molar-refractivity contribution in [2.75, 3.05) is 0 Å². The molecule has 0 aliphatic carbocycles. The highest BCUT2D eigenvalue weighted by molar-refractivity contribution is 5.95. The summed E-state index contributed by atoms with van der Waals surface area (Å²) in [6.45, 7) is 2.18. The van der Waals surface area contributed by atoms with Gasteiger partial charge in [0, 0.05) is 23.5 Å². The summed E-state index contributed by atoms with van der Waals surface area (Å²) in [5.74, 6) is -0.210. The summed E-state index contributed by atoms with van der Waals surface area (Å²) in [6, 6.07) is 9.73. The predicted molar refractivity (Wildman–Crippen MR) is 77.6 cm³/mol. The molecule has 2 aromatic rings. The number of carbonyl (C=O) groups excluding carboxylic acids is 1. The molecule has 0 bridgehead atoms. The number of unbranched alkanes of at least 4 members (excludes halogenated alkanes) is 2. The quantitative estimate of drug-likeness (QED) is 0.658. The number of aromatic nitrogens is 1. The molecule has 3 nitrogen and oxygen atoms in total. The third-order valence-corrected chi connectivity index (χ3v) is 4.05. The van der Waals surface area contributed by atoms with Gasteiger partial charge in [0.25, 0.3) is 0 Å². The van der Waals surface area contributed by atoms with E-state index in [4.69, 9.17) is 4.74 Å². The average Bonchev–Trinajstić information content (AvgIpc) is 3.08. The van der Waals surface area contributed by atoms with E-state index < -0.39 is 5.60 Å². The third kappa shape index (κ3) is 1.94. The molecule has 3 rings (SSSR count). The summed E-state index contributed by atoms with van der Waals surface area (Å²) in [4.78, 5) is 15.3. The van der Waals surface area contributed by atoms with Crippen molar-refractivity contribution < 1.29 is 9.53 Å². The highest BCUT2D eigenvalue weighted by Crippen LogP contribution is 2.45. The van der Waals surface area contributed by atoms with Gasteiger partial charge >= 0.3 is 5.97 Å². The number of carbonyl (C=O) groups is 1. The first-order valence-electron chi connectivity index (χ1n) is 7.24. The van der Waals surface area contributed by atoms with Crippen molar-refractivity contribution in [2.24, 2.45) is 0 Å². The van der Waals surface area contributed by atoms with Gasteiger partial charge in [0.2, 0.25) is 0 Å². The molecule has 1 aromatic carbocycles. The number of esters is 1. The van der Waals surface area contributed by atoms with Crippen LogP contribution in [0.2, 0.25) is 0 Å². The van der Waals surface area contributed by atoms with E-state index in [0.717, 1.165) is 36.8 Å². The molecular formula is C17H19NO2. The zero-order valence-corrected chi connectivity index (χ0v) is 11.7. The van der Waals surface area contributed by atoms with Crippen LogP contribution in [0.3, 0.4) is 0 Å². The minimum absolute atomic E-state index is 0.210. The Morgan fingerprint density at radius 3 is 2.80 bits per heavy atom. The first kappa shape index (κ1) is 13.0. The standard InChI is InChI=1S/C17H19NO2/c1-2-3-6-10-17(13-9-11-18-12-13)15-8-5-4-7-14(15)16(19)20-17/h4-5,7-9,11-12,18H,2-3,6,10H2,1H3. The Morgan fingerprint density at radius 1 is 1.20 bits per heavy atom. The molecule has 0 amide bonds. The number of hydrogen-bond acceptors (Lipinski definition) is 2. The highest BCUT2D eigenvalue weighted by atomic mass is 16.6. The van der Waals surface area contributed by atoms with E-state index in [9.17, 15) is 4.79 Å². The van der Waals surface area contributed by atoms with Crippen LogP contribution in [0.5, 0.6) is 0 Å². The molecule has 0 saturated carbocycles. The van der Waals surface area contributed by atoms with Crippen LogP contribution >= 0.6 is 0 Å². The van der Waals surface area contributed by atoms with Gasteiger partial charge in [-0.3, -0.25) is 0 Å². The lowest BCUT2D eigenvalue weighted by Gasteiger charge is -2.28. The Balaban J connectivity index is 2.06. The van der Waals surface area contributed by atoms with Gasteiger partial charge in [0.15, 0.2) is 5.60 Å². The Hall–Kier alpha value is -2.03. The van der Waals surface area contributed by atoms with Gasteiger partial charge in [-0.1, -0.05) is 38.0 Å². The number of H-pyrrole nitrogens is 1. The second-order valence-electron chi connectivity index (χ2n) is 5.32. The first-order chi connectivity index (χ1) is 9.78. The number of benzene rings is 1.